The van der Waals surface area contributed by atoms with Gasteiger partial charge in [-0.15, -0.1) is 0 Å². The van der Waals surface area contributed by atoms with Crippen LogP contribution in [0, 0.1) is 0 Å². The van der Waals surface area contributed by atoms with Crippen LogP contribution in [0.2, 0.25) is 0 Å². The van der Waals surface area contributed by atoms with Gasteiger partial charge in [-0.25, -0.2) is 0 Å². The third-order valence-corrected chi connectivity index (χ3v) is 2.69. The summed E-state index contributed by atoms with van der Waals surface area (Å²) in [5.41, 5.74) is 7.85. The minimum absolute atomic E-state index is 0.566. The zero-order valence-electron chi connectivity index (χ0n) is 9.56. The van der Waals surface area contributed by atoms with E-state index in [9.17, 15) is 0 Å². The molecule has 1 aromatic carbocycles. The van der Waals surface area contributed by atoms with Crippen LogP contribution >= 0.6 is 0 Å². The van der Waals surface area contributed by atoms with Crippen LogP contribution in [-0.2, 0) is 0 Å². The van der Waals surface area contributed by atoms with Crippen molar-refractivity contribution in [1.29, 1.82) is 0 Å². The summed E-state index contributed by atoms with van der Waals surface area (Å²) in [4.78, 5) is 6.72. The van der Waals surface area contributed by atoms with Gasteiger partial charge in [-0.2, -0.15) is 0 Å². The quantitative estimate of drug-likeness (QED) is 0.827. The van der Waals surface area contributed by atoms with Crippen LogP contribution in [0.3, 0.4) is 0 Å². The topological polar surface area (TPSA) is 41.6 Å². The van der Waals surface area contributed by atoms with Gasteiger partial charge in [0.2, 0.25) is 0 Å². The second-order valence-electron chi connectivity index (χ2n) is 3.85. The molecule has 0 atom stereocenters. The van der Waals surface area contributed by atoms with E-state index in [1.807, 2.05) is 18.2 Å². The van der Waals surface area contributed by atoms with E-state index in [-0.39, 0.29) is 0 Å². The van der Waals surface area contributed by atoms with Crippen LogP contribution in [0.15, 0.2) is 35.3 Å². The molecule has 1 aliphatic rings. The van der Waals surface area contributed by atoms with Crippen LogP contribution in [-0.4, -0.2) is 37.4 Å². The molecule has 0 unspecified atom stereocenters. The van der Waals surface area contributed by atoms with Gasteiger partial charge in [0.1, 0.15) is 5.84 Å². The number of amidine groups is 1. The molecule has 1 heterocycles. The van der Waals surface area contributed by atoms with E-state index in [2.05, 4.69) is 35.1 Å². The fourth-order valence-electron chi connectivity index (χ4n) is 1.86. The highest BCUT2D eigenvalue weighted by atomic mass is 15.2. The Balaban J connectivity index is 2.36. The molecule has 0 saturated carbocycles. The summed E-state index contributed by atoms with van der Waals surface area (Å²) in [7, 11) is 2.08. The molecule has 0 radical (unpaired) electrons. The van der Waals surface area contributed by atoms with Crippen molar-refractivity contribution in [3.05, 3.63) is 41.5 Å². The number of likely N-dealkylation sites (N-methyl/N-ethyl adjacent to an activating group) is 1. The first-order valence-corrected chi connectivity index (χ1v) is 5.54. The lowest BCUT2D eigenvalue weighted by Gasteiger charge is -2.15. The molecule has 0 fully saturated rings. The predicted octanol–water partition coefficient (Wildman–Crippen LogP) is 1.35. The summed E-state index contributed by atoms with van der Waals surface area (Å²) in [5, 5.41) is 0. The average molecular weight is 215 g/mol. The Bertz CT molecular complexity index is 421. The molecule has 16 heavy (non-hydrogen) atoms. The molecule has 0 spiro atoms. The maximum atomic E-state index is 5.48. The SMILES string of the molecule is CN1CCN=C1c1ccccc1/C=C/CN. The number of hydrogen-bond donors (Lipinski definition) is 1. The number of rotatable bonds is 3. The lowest BCUT2D eigenvalue weighted by molar-refractivity contribution is 0.557. The van der Waals surface area contributed by atoms with Gasteiger partial charge in [-0.1, -0.05) is 36.4 Å². The van der Waals surface area contributed by atoms with E-state index >= 15 is 0 Å². The van der Waals surface area contributed by atoms with E-state index in [4.69, 9.17) is 5.73 Å². The predicted molar refractivity (Wildman–Crippen MR) is 68.6 cm³/mol. The summed E-state index contributed by atoms with van der Waals surface area (Å²) in [6, 6.07) is 8.28. The van der Waals surface area contributed by atoms with Crippen LogP contribution < -0.4 is 5.73 Å². The third kappa shape index (κ3) is 2.14. The molecule has 3 nitrogen and oxygen atoms in total. The molecular formula is C13H17N3. The van der Waals surface area contributed by atoms with Crippen LogP contribution in [0.4, 0.5) is 0 Å². The summed E-state index contributed by atoms with van der Waals surface area (Å²) < 4.78 is 0. The summed E-state index contributed by atoms with van der Waals surface area (Å²) in [5.74, 6) is 1.08. The van der Waals surface area contributed by atoms with Gasteiger partial charge in [0.15, 0.2) is 0 Å². The highest BCUT2D eigenvalue weighted by Crippen LogP contribution is 2.16. The molecule has 0 aliphatic carbocycles. The van der Waals surface area contributed by atoms with Gasteiger partial charge in [-0.05, 0) is 5.56 Å². The molecular weight excluding hydrogens is 198 g/mol. The zero-order chi connectivity index (χ0) is 11.4. The molecule has 1 aliphatic heterocycles. The van der Waals surface area contributed by atoms with Crippen molar-refractivity contribution >= 4 is 11.9 Å². The summed E-state index contributed by atoms with van der Waals surface area (Å²) in [6.45, 7) is 2.46. The van der Waals surface area contributed by atoms with Crippen molar-refractivity contribution in [2.75, 3.05) is 26.7 Å². The van der Waals surface area contributed by atoms with Gasteiger partial charge >= 0.3 is 0 Å². The fraction of sp³-hybridized carbons (Fsp3) is 0.308. The summed E-state index contributed by atoms with van der Waals surface area (Å²) in [6.07, 6.45) is 4.03. The molecule has 84 valence electrons. The van der Waals surface area contributed by atoms with Gasteiger partial charge in [0.25, 0.3) is 0 Å². The van der Waals surface area contributed by atoms with E-state index in [0.29, 0.717) is 6.54 Å². The molecule has 2 N–H and O–H groups in total. The smallest absolute Gasteiger partial charge is 0.131 e. The Hall–Kier alpha value is -1.61. The van der Waals surface area contributed by atoms with E-state index in [1.54, 1.807) is 0 Å². The van der Waals surface area contributed by atoms with E-state index in [1.165, 1.54) is 11.1 Å². The van der Waals surface area contributed by atoms with Crippen molar-refractivity contribution in [3.8, 4) is 0 Å². The second-order valence-corrected chi connectivity index (χ2v) is 3.85. The zero-order valence-corrected chi connectivity index (χ0v) is 9.56. The molecule has 2 rings (SSSR count). The van der Waals surface area contributed by atoms with Gasteiger partial charge in [0.05, 0.1) is 6.54 Å². The minimum Gasteiger partial charge on any atom is -0.358 e. The minimum atomic E-state index is 0.566. The summed E-state index contributed by atoms with van der Waals surface area (Å²) >= 11 is 0. The Morgan fingerprint density at radius 2 is 2.25 bits per heavy atom. The number of nitrogens with two attached hydrogens (primary N) is 1. The van der Waals surface area contributed by atoms with Crippen molar-refractivity contribution in [3.63, 3.8) is 0 Å². The van der Waals surface area contributed by atoms with Crippen molar-refractivity contribution in [2.45, 2.75) is 0 Å². The van der Waals surface area contributed by atoms with Crippen LogP contribution in [0.25, 0.3) is 6.08 Å². The molecule has 0 saturated heterocycles. The van der Waals surface area contributed by atoms with Gasteiger partial charge in [0, 0.05) is 25.7 Å². The highest BCUT2D eigenvalue weighted by molar-refractivity contribution is 6.02. The highest BCUT2D eigenvalue weighted by Gasteiger charge is 2.15. The first-order chi connectivity index (χ1) is 7.83. The normalized spacial score (nSPS) is 15.9. The van der Waals surface area contributed by atoms with Gasteiger partial charge in [-0.3, -0.25) is 4.99 Å². The number of hydrogen-bond acceptors (Lipinski definition) is 3. The lowest BCUT2D eigenvalue weighted by atomic mass is 10.1. The first kappa shape index (κ1) is 10.9. The average Bonchev–Trinajstić information content (AvgIpc) is 2.73. The standard InChI is InChI=1S/C13H17N3/c1-16-10-9-15-13(16)12-7-3-2-5-11(12)6-4-8-14/h2-7H,8-10,14H2,1H3/b6-4+. The Morgan fingerprint density at radius 1 is 1.44 bits per heavy atom. The Labute approximate surface area is 96.3 Å². The molecule has 3 heteroatoms. The van der Waals surface area contributed by atoms with Crippen molar-refractivity contribution in [1.82, 2.24) is 4.90 Å². The maximum Gasteiger partial charge on any atom is 0.131 e. The van der Waals surface area contributed by atoms with Gasteiger partial charge < -0.3 is 10.6 Å². The fourth-order valence-corrected chi connectivity index (χ4v) is 1.86. The van der Waals surface area contributed by atoms with E-state index < -0.39 is 0 Å². The van der Waals surface area contributed by atoms with Crippen molar-refractivity contribution in [2.24, 2.45) is 10.7 Å². The van der Waals surface area contributed by atoms with Crippen molar-refractivity contribution < 1.29 is 0 Å². The Morgan fingerprint density at radius 3 is 2.94 bits per heavy atom. The lowest BCUT2D eigenvalue weighted by Crippen LogP contribution is -2.24. The monoisotopic (exact) mass is 215 g/mol. The first-order valence-electron chi connectivity index (χ1n) is 5.54. The van der Waals surface area contributed by atoms with Crippen LogP contribution in [0.1, 0.15) is 11.1 Å². The molecule has 0 amide bonds. The molecule has 0 aromatic heterocycles. The number of aliphatic imine (C=N–C) groups is 1. The second kappa shape index (κ2) is 4.94. The number of benzene rings is 1. The van der Waals surface area contributed by atoms with Crippen LogP contribution in [0.5, 0.6) is 0 Å². The third-order valence-electron chi connectivity index (χ3n) is 2.69. The number of nitrogens with zero attached hydrogens (tertiary/aromatic N) is 2. The Kier molecular flexibility index (Phi) is 3.37. The molecule has 1 aromatic rings. The maximum absolute atomic E-state index is 5.48. The largest absolute Gasteiger partial charge is 0.358 e. The molecule has 0 bridgehead atoms. The van der Waals surface area contributed by atoms with E-state index in [0.717, 1.165) is 18.9 Å².